The molecule has 2 aromatic rings. The van der Waals surface area contributed by atoms with Crippen LogP contribution in [0.3, 0.4) is 0 Å². The fourth-order valence-electron chi connectivity index (χ4n) is 4.16. The van der Waals surface area contributed by atoms with Crippen molar-refractivity contribution in [2.45, 2.75) is 19.3 Å². The van der Waals surface area contributed by atoms with Crippen molar-refractivity contribution < 1.29 is 24.2 Å². The molecule has 1 N–H and O–H groups in total. The van der Waals surface area contributed by atoms with E-state index in [0.29, 0.717) is 29.2 Å². The maximum Gasteiger partial charge on any atom is 0.307 e. The first-order valence-corrected chi connectivity index (χ1v) is 10.1. The van der Waals surface area contributed by atoms with Crippen LogP contribution in [-0.2, 0) is 16.0 Å². The van der Waals surface area contributed by atoms with Crippen molar-refractivity contribution in [1.29, 1.82) is 0 Å². The molecule has 2 aliphatic rings. The number of benzene rings is 2. The monoisotopic (exact) mass is 420 g/mol. The number of hydrazone groups is 1. The Bertz CT molecular complexity index is 1060. The maximum atomic E-state index is 13.3. The second kappa shape index (κ2) is 8.63. The third kappa shape index (κ3) is 4.03. The summed E-state index contributed by atoms with van der Waals surface area (Å²) in [5, 5.41) is 15.2. The van der Waals surface area contributed by atoms with Gasteiger partial charge in [0.15, 0.2) is 11.5 Å². The summed E-state index contributed by atoms with van der Waals surface area (Å²) in [6, 6.07) is 12.6. The molecule has 0 aromatic heterocycles. The summed E-state index contributed by atoms with van der Waals surface area (Å²) < 4.78 is 10.8. The number of anilines is 1. The van der Waals surface area contributed by atoms with Crippen LogP contribution in [0.15, 0.2) is 59.7 Å². The number of hydrogen-bond donors (Lipinski definition) is 1. The van der Waals surface area contributed by atoms with Crippen molar-refractivity contribution in [3.8, 4) is 11.5 Å². The SMILES string of the molecule is COc1ccc(C2=NN(c3ccc(CC(=O)O)cc3)C(=O)C3CC=CCC23)cc1OC. The standard InChI is InChI=1S/C24H24N2O5/c1-30-20-12-9-16(14-21(20)31-2)23-18-5-3-4-6-19(18)24(29)26(25-23)17-10-7-15(8-11-17)13-22(27)28/h3-4,7-12,14,18-19H,5-6,13H2,1-2H3,(H,27,28). The zero-order valence-corrected chi connectivity index (χ0v) is 17.4. The van der Waals surface area contributed by atoms with E-state index in [9.17, 15) is 9.59 Å². The van der Waals surface area contributed by atoms with Crippen LogP contribution < -0.4 is 14.5 Å². The lowest BCUT2D eigenvalue weighted by atomic mass is 9.76. The first-order chi connectivity index (χ1) is 15.0. The number of carboxylic acid groups (broad SMARTS) is 1. The molecule has 0 radical (unpaired) electrons. The summed E-state index contributed by atoms with van der Waals surface area (Å²) in [5.74, 6) is 0.0659. The van der Waals surface area contributed by atoms with Gasteiger partial charge in [-0.3, -0.25) is 9.59 Å². The summed E-state index contributed by atoms with van der Waals surface area (Å²) in [6.45, 7) is 0. The molecule has 2 aromatic carbocycles. The van der Waals surface area contributed by atoms with Crippen LogP contribution in [0, 0.1) is 11.8 Å². The van der Waals surface area contributed by atoms with Crippen molar-refractivity contribution in [2.24, 2.45) is 16.9 Å². The van der Waals surface area contributed by atoms with Gasteiger partial charge in [-0.05, 0) is 48.7 Å². The average Bonchev–Trinajstić information content (AvgIpc) is 2.79. The van der Waals surface area contributed by atoms with E-state index in [1.54, 1.807) is 38.5 Å². The van der Waals surface area contributed by atoms with Crippen LogP contribution in [0.1, 0.15) is 24.0 Å². The fourth-order valence-corrected chi connectivity index (χ4v) is 4.16. The third-order valence-electron chi connectivity index (χ3n) is 5.73. The number of hydrogen-bond acceptors (Lipinski definition) is 5. The van der Waals surface area contributed by atoms with Crippen molar-refractivity contribution in [1.82, 2.24) is 0 Å². The number of amides is 1. The first kappa shape index (κ1) is 20.7. The molecule has 0 saturated carbocycles. The Kier molecular flexibility index (Phi) is 5.75. The van der Waals surface area contributed by atoms with Gasteiger partial charge < -0.3 is 14.6 Å². The molecule has 0 bridgehead atoms. The van der Waals surface area contributed by atoms with Gasteiger partial charge >= 0.3 is 5.97 Å². The van der Waals surface area contributed by atoms with Gasteiger partial charge in [-0.25, -0.2) is 5.01 Å². The lowest BCUT2D eigenvalue weighted by molar-refractivity contribution is -0.136. The Balaban J connectivity index is 1.76. The Morgan fingerprint density at radius 3 is 2.35 bits per heavy atom. The lowest BCUT2D eigenvalue weighted by Gasteiger charge is -2.37. The number of methoxy groups -OCH3 is 2. The first-order valence-electron chi connectivity index (χ1n) is 10.1. The minimum atomic E-state index is -0.896. The number of aliphatic carboxylic acids is 1. The van der Waals surface area contributed by atoms with Crippen molar-refractivity contribution >= 4 is 23.3 Å². The molecule has 0 spiro atoms. The molecular formula is C24H24N2O5. The number of nitrogens with zero attached hydrogens (tertiary/aromatic N) is 2. The zero-order valence-electron chi connectivity index (χ0n) is 17.4. The number of ether oxygens (including phenoxy) is 2. The highest BCUT2D eigenvalue weighted by Crippen LogP contribution is 2.38. The molecule has 2 unspecified atom stereocenters. The highest BCUT2D eigenvalue weighted by molar-refractivity contribution is 6.11. The van der Waals surface area contributed by atoms with Crippen LogP contribution in [0.4, 0.5) is 5.69 Å². The molecule has 0 saturated heterocycles. The molecule has 2 atom stereocenters. The van der Waals surface area contributed by atoms with Crippen LogP contribution in [-0.4, -0.2) is 36.9 Å². The third-order valence-corrected chi connectivity index (χ3v) is 5.73. The van der Waals surface area contributed by atoms with Gasteiger partial charge in [0, 0.05) is 11.5 Å². The summed E-state index contributed by atoms with van der Waals surface area (Å²) >= 11 is 0. The van der Waals surface area contributed by atoms with Crippen molar-refractivity contribution in [3.63, 3.8) is 0 Å². The summed E-state index contributed by atoms with van der Waals surface area (Å²) in [6.07, 6.45) is 5.48. The molecule has 1 heterocycles. The molecular weight excluding hydrogens is 396 g/mol. The van der Waals surface area contributed by atoms with Gasteiger partial charge in [-0.2, -0.15) is 5.10 Å². The number of rotatable bonds is 6. The lowest BCUT2D eigenvalue weighted by Crippen LogP contribution is -2.45. The highest BCUT2D eigenvalue weighted by atomic mass is 16.5. The summed E-state index contributed by atoms with van der Waals surface area (Å²) in [4.78, 5) is 24.2. The maximum absolute atomic E-state index is 13.3. The fraction of sp³-hybridized carbons (Fsp3) is 0.292. The Morgan fingerprint density at radius 1 is 1.03 bits per heavy atom. The number of carbonyl (C=O) groups excluding carboxylic acids is 1. The zero-order chi connectivity index (χ0) is 22.0. The largest absolute Gasteiger partial charge is 0.493 e. The molecule has 31 heavy (non-hydrogen) atoms. The van der Waals surface area contributed by atoms with Crippen LogP contribution in [0.25, 0.3) is 0 Å². The van der Waals surface area contributed by atoms with E-state index in [4.69, 9.17) is 19.7 Å². The van der Waals surface area contributed by atoms with Gasteiger partial charge in [0.25, 0.3) is 5.91 Å². The Hall–Kier alpha value is -3.61. The van der Waals surface area contributed by atoms with Gasteiger partial charge in [0.2, 0.25) is 0 Å². The predicted molar refractivity (Wildman–Crippen MR) is 117 cm³/mol. The van der Waals surface area contributed by atoms with E-state index in [1.165, 1.54) is 5.01 Å². The molecule has 1 aliphatic heterocycles. The molecule has 0 fully saturated rings. The summed E-state index contributed by atoms with van der Waals surface area (Å²) in [5.41, 5.74) is 2.99. The van der Waals surface area contributed by atoms with E-state index < -0.39 is 5.97 Å². The van der Waals surface area contributed by atoms with Gasteiger partial charge in [0.1, 0.15) is 0 Å². The van der Waals surface area contributed by atoms with E-state index in [2.05, 4.69) is 6.08 Å². The highest BCUT2D eigenvalue weighted by Gasteiger charge is 2.40. The molecule has 1 aliphatic carbocycles. The molecule has 160 valence electrons. The number of fused-ring (bicyclic) bond motifs is 1. The van der Waals surface area contributed by atoms with E-state index in [1.807, 2.05) is 24.3 Å². The van der Waals surface area contributed by atoms with Crippen molar-refractivity contribution in [2.75, 3.05) is 19.2 Å². The quantitative estimate of drug-likeness (QED) is 0.721. The van der Waals surface area contributed by atoms with Crippen LogP contribution in [0.2, 0.25) is 0 Å². The van der Waals surface area contributed by atoms with Gasteiger partial charge in [-0.15, -0.1) is 0 Å². The number of carbonyl (C=O) groups is 2. The second-order valence-electron chi connectivity index (χ2n) is 7.60. The van der Waals surface area contributed by atoms with Crippen LogP contribution in [0.5, 0.6) is 11.5 Å². The van der Waals surface area contributed by atoms with E-state index in [-0.39, 0.29) is 24.2 Å². The van der Waals surface area contributed by atoms with Crippen molar-refractivity contribution in [3.05, 3.63) is 65.7 Å². The Labute approximate surface area is 180 Å². The van der Waals surface area contributed by atoms with Gasteiger partial charge in [-0.1, -0.05) is 24.3 Å². The average molecular weight is 420 g/mol. The topological polar surface area (TPSA) is 88.4 Å². The normalized spacial score (nSPS) is 20.1. The summed E-state index contributed by atoms with van der Waals surface area (Å²) in [7, 11) is 3.18. The predicted octanol–water partition coefficient (Wildman–Crippen LogP) is 3.66. The van der Waals surface area contributed by atoms with E-state index >= 15 is 0 Å². The molecule has 1 amide bonds. The molecule has 4 rings (SSSR count). The number of carboxylic acids is 1. The minimum Gasteiger partial charge on any atom is -0.493 e. The smallest absolute Gasteiger partial charge is 0.307 e. The second-order valence-corrected chi connectivity index (χ2v) is 7.60. The molecule has 7 heteroatoms. The van der Waals surface area contributed by atoms with E-state index in [0.717, 1.165) is 17.7 Å². The van der Waals surface area contributed by atoms with Gasteiger partial charge in [0.05, 0.1) is 38.0 Å². The van der Waals surface area contributed by atoms with Crippen LogP contribution >= 0.6 is 0 Å². The Morgan fingerprint density at radius 2 is 1.71 bits per heavy atom. The molecule has 7 nitrogen and oxygen atoms in total. The minimum absolute atomic E-state index is 0.0156. The number of allylic oxidation sites excluding steroid dienone is 2.